The summed E-state index contributed by atoms with van der Waals surface area (Å²) < 4.78 is 5.49. The minimum absolute atomic E-state index is 0.121. The van der Waals surface area contributed by atoms with Gasteiger partial charge in [-0.15, -0.1) is 0 Å². The zero-order valence-electron chi connectivity index (χ0n) is 12.4. The number of hydrogen-bond donors (Lipinski definition) is 1. The van der Waals surface area contributed by atoms with Gasteiger partial charge in [0, 0.05) is 37.3 Å². The van der Waals surface area contributed by atoms with Gasteiger partial charge in [-0.25, -0.2) is 0 Å². The summed E-state index contributed by atoms with van der Waals surface area (Å²) in [5.74, 6) is 1.01. The lowest BCUT2D eigenvalue weighted by atomic mass is 9.81. The van der Waals surface area contributed by atoms with Gasteiger partial charge in [0.15, 0.2) is 0 Å². The lowest BCUT2D eigenvalue weighted by molar-refractivity contribution is 0.00835. The molecule has 1 aromatic rings. The fourth-order valence-electron chi connectivity index (χ4n) is 3.41. The highest BCUT2D eigenvalue weighted by Gasteiger charge is 2.35. The Kier molecular flexibility index (Phi) is 4.55. The van der Waals surface area contributed by atoms with Crippen LogP contribution in [0, 0.1) is 5.41 Å². The summed E-state index contributed by atoms with van der Waals surface area (Å²) in [4.78, 5) is 14.9. The minimum atomic E-state index is 0.121. The number of carbonyl (C=O) groups excluding carboxylic acids is 1. The molecule has 21 heavy (non-hydrogen) atoms. The van der Waals surface area contributed by atoms with E-state index in [0.29, 0.717) is 0 Å². The summed E-state index contributed by atoms with van der Waals surface area (Å²) in [6.07, 6.45) is 4.04. The lowest BCUT2D eigenvalue weighted by Gasteiger charge is -2.40. The highest BCUT2D eigenvalue weighted by molar-refractivity contribution is 7.80. The van der Waals surface area contributed by atoms with Crippen molar-refractivity contribution in [2.45, 2.75) is 25.7 Å². The van der Waals surface area contributed by atoms with E-state index in [2.05, 4.69) is 18.7 Å². The first-order chi connectivity index (χ1) is 10.2. The SMILES string of the molecule is O=C1c2ccccc2CCCN1CC1(CS)CCOCC1. The Hall–Kier alpha value is -1.00. The zero-order chi connectivity index (χ0) is 14.7. The summed E-state index contributed by atoms with van der Waals surface area (Å²) in [5.41, 5.74) is 2.20. The van der Waals surface area contributed by atoms with E-state index in [9.17, 15) is 4.79 Å². The van der Waals surface area contributed by atoms with Crippen LogP contribution in [0.5, 0.6) is 0 Å². The smallest absolute Gasteiger partial charge is 0.254 e. The summed E-state index contributed by atoms with van der Waals surface area (Å²) in [6.45, 7) is 3.25. The monoisotopic (exact) mass is 305 g/mol. The molecule has 0 aliphatic carbocycles. The number of hydrogen-bond acceptors (Lipinski definition) is 3. The molecule has 0 unspecified atom stereocenters. The lowest BCUT2D eigenvalue weighted by Crippen LogP contribution is -2.45. The molecule has 0 N–H and O–H groups in total. The molecule has 1 aromatic carbocycles. The largest absolute Gasteiger partial charge is 0.381 e. The average molecular weight is 305 g/mol. The zero-order valence-corrected chi connectivity index (χ0v) is 13.3. The minimum Gasteiger partial charge on any atom is -0.381 e. The fourth-order valence-corrected chi connectivity index (χ4v) is 3.82. The highest BCUT2D eigenvalue weighted by atomic mass is 32.1. The van der Waals surface area contributed by atoms with Crippen LogP contribution in [0.15, 0.2) is 24.3 Å². The molecule has 3 rings (SSSR count). The average Bonchev–Trinajstić information content (AvgIpc) is 2.69. The van der Waals surface area contributed by atoms with Gasteiger partial charge in [0.2, 0.25) is 0 Å². The first-order valence-electron chi connectivity index (χ1n) is 7.80. The Bertz CT molecular complexity index is 511. The van der Waals surface area contributed by atoms with Crippen LogP contribution in [-0.2, 0) is 11.2 Å². The number of benzene rings is 1. The quantitative estimate of drug-likeness (QED) is 0.870. The molecule has 0 saturated carbocycles. The molecule has 1 amide bonds. The van der Waals surface area contributed by atoms with Crippen LogP contribution in [-0.4, -0.2) is 42.9 Å². The van der Waals surface area contributed by atoms with E-state index < -0.39 is 0 Å². The molecule has 0 spiro atoms. The van der Waals surface area contributed by atoms with Crippen molar-refractivity contribution in [1.82, 2.24) is 4.90 Å². The van der Waals surface area contributed by atoms with Crippen molar-refractivity contribution in [2.75, 3.05) is 32.1 Å². The van der Waals surface area contributed by atoms with E-state index in [1.807, 2.05) is 23.1 Å². The highest BCUT2D eigenvalue weighted by Crippen LogP contribution is 2.34. The molecular formula is C17H23NO2S. The molecule has 0 aromatic heterocycles. The number of amides is 1. The van der Waals surface area contributed by atoms with E-state index in [4.69, 9.17) is 4.74 Å². The van der Waals surface area contributed by atoms with Gasteiger partial charge in [0.05, 0.1) is 0 Å². The van der Waals surface area contributed by atoms with Gasteiger partial charge < -0.3 is 9.64 Å². The van der Waals surface area contributed by atoms with Gasteiger partial charge >= 0.3 is 0 Å². The second-order valence-electron chi connectivity index (χ2n) is 6.26. The summed E-state index contributed by atoms with van der Waals surface area (Å²) in [5, 5.41) is 0. The van der Waals surface area contributed by atoms with Crippen LogP contribution in [0.3, 0.4) is 0 Å². The third-order valence-electron chi connectivity index (χ3n) is 4.82. The molecule has 2 heterocycles. The van der Waals surface area contributed by atoms with Crippen molar-refractivity contribution >= 4 is 18.5 Å². The van der Waals surface area contributed by atoms with E-state index in [0.717, 1.165) is 63.3 Å². The maximum absolute atomic E-state index is 12.8. The summed E-state index contributed by atoms with van der Waals surface area (Å²) in [7, 11) is 0. The number of fused-ring (bicyclic) bond motifs is 1. The van der Waals surface area contributed by atoms with E-state index in [1.54, 1.807) is 0 Å². The third-order valence-corrected chi connectivity index (χ3v) is 5.50. The van der Waals surface area contributed by atoms with Crippen molar-refractivity contribution in [3.63, 3.8) is 0 Å². The Morgan fingerprint density at radius 1 is 1.24 bits per heavy atom. The number of carbonyl (C=O) groups is 1. The van der Waals surface area contributed by atoms with E-state index >= 15 is 0 Å². The molecule has 114 valence electrons. The second-order valence-corrected chi connectivity index (χ2v) is 6.57. The van der Waals surface area contributed by atoms with Crippen molar-refractivity contribution in [3.8, 4) is 0 Å². The number of nitrogens with zero attached hydrogens (tertiary/aromatic N) is 1. The van der Waals surface area contributed by atoms with Crippen LogP contribution in [0.1, 0.15) is 35.2 Å². The molecule has 2 aliphatic heterocycles. The Morgan fingerprint density at radius 3 is 2.76 bits per heavy atom. The maximum Gasteiger partial charge on any atom is 0.254 e. The molecule has 0 atom stereocenters. The molecule has 0 radical (unpaired) electrons. The fraction of sp³-hybridized carbons (Fsp3) is 0.588. The molecule has 4 heteroatoms. The Balaban J connectivity index is 1.80. The van der Waals surface area contributed by atoms with E-state index in [-0.39, 0.29) is 11.3 Å². The molecule has 1 saturated heterocycles. The summed E-state index contributed by atoms with van der Waals surface area (Å²) >= 11 is 4.57. The maximum atomic E-state index is 12.8. The predicted molar refractivity (Wildman–Crippen MR) is 87.0 cm³/mol. The molecule has 1 fully saturated rings. The topological polar surface area (TPSA) is 29.5 Å². The molecule has 0 bridgehead atoms. The third kappa shape index (κ3) is 3.11. The Morgan fingerprint density at radius 2 is 2.00 bits per heavy atom. The molecule has 3 nitrogen and oxygen atoms in total. The number of aryl methyl sites for hydroxylation is 1. The summed E-state index contributed by atoms with van der Waals surface area (Å²) in [6, 6.07) is 8.03. The van der Waals surface area contributed by atoms with Gasteiger partial charge in [-0.1, -0.05) is 18.2 Å². The van der Waals surface area contributed by atoms with Gasteiger partial charge in [-0.3, -0.25) is 4.79 Å². The second kappa shape index (κ2) is 6.41. The first-order valence-corrected chi connectivity index (χ1v) is 8.43. The Labute approximate surface area is 132 Å². The first kappa shape index (κ1) is 14.9. The van der Waals surface area contributed by atoms with Gasteiger partial charge in [-0.05, 0) is 43.1 Å². The number of thiol groups is 1. The van der Waals surface area contributed by atoms with Gasteiger partial charge in [0.25, 0.3) is 5.91 Å². The van der Waals surface area contributed by atoms with Crippen molar-refractivity contribution in [1.29, 1.82) is 0 Å². The molecule has 2 aliphatic rings. The van der Waals surface area contributed by atoms with Crippen LogP contribution < -0.4 is 0 Å². The predicted octanol–water partition coefficient (Wildman–Crippen LogP) is 2.80. The van der Waals surface area contributed by atoms with Crippen LogP contribution in [0.4, 0.5) is 0 Å². The van der Waals surface area contributed by atoms with Crippen molar-refractivity contribution in [2.24, 2.45) is 5.41 Å². The number of rotatable bonds is 3. The standard InChI is InChI=1S/C17H23NO2S/c19-16-15-6-2-1-4-14(15)5-3-9-18(16)12-17(13-21)7-10-20-11-8-17/h1-2,4,6,21H,3,5,7-13H2. The van der Waals surface area contributed by atoms with Gasteiger partial charge in [-0.2, -0.15) is 12.6 Å². The molecular weight excluding hydrogens is 282 g/mol. The van der Waals surface area contributed by atoms with Crippen molar-refractivity contribution < 1.29 is 9.53 Å². The number of ether oxygens (including phenoxy) is 1. The normalized spacial score (nSPS) is 21.8. The van der Waals surface area contributed by atoms with E-state index in [1.165, 1.54) is 5.56 Å². The van der Waals surface area contributed by atoms with Crippen LogP contribution in [0.25, 0.3) is 0 Å². The van der Waals surface area contributed by atoms with Gasteiger partial charge in [0.1, 0.15) is 0 Å². The van der Waals surface area contributed by atoms with Crippen molar-refractivity contribution in [3.05, 3.63) is 35.4 Å². The van der Waals surface area contributed by atoms with Crippen LogP contribution in [0.2, 0.25) is 0 Å². The van der Waals surface area contributed by atoms with Crippen LogP contribution >= 0.6 is 12.6 Å².